The Bertz CT molecular complexity index is 2250. The van der Waals surface area contributed by atoms with E-state index in [1.165, 1.54) is 43.4 Å². The third kappa shape index (κ3) is 12.3. The molecule has 0 unspecified atom stereocenters. The number of aliphatic hydroxyl groups is 1. The zero-order chi connectivity index (χ0) is 48.7. The molecule has 4 amide bonds. The summed E-state index contributed by atoms with van der Waals surface area (Å²) in [4.78, 5) is 55.0. The minimum absolute atomic E-state index is 0.0325. The van der Waals surface area contributed by atoms with Crippen molar-refractivity contribution < 1.29 is 24.6 Å². The Morgan fingerprint density at radius 2 is 1.51 bits per heavy atom. The number of piperidine rings is 1. The number of aromatic nitrogens is 2. The first kappa shape index (κ1) is 49.9. The number of rotatable bonds is 13. The van der Waals surface area contributed by atoms with Gasteiger partial charge in [-0.15, -0.1) is 16.6 Å². The zero-order valence-corrected chi connectivity index (χ0v) is 41.3. The number of benzene rings is 2. The quantitative estimate of drug-likeness (QED) is 0.153. The summed E-state index contributed by atoms with van der Waals surface area (Å²) in [6.45, 7) is 18.9. The van der Waals surface area contributed by atoms with Gasteiger partial charge in [0.15, 0.2) is 5.82 Å². The van der Waals surface area contributed by atoms with Crippen molar-refractivity contribution in [3.8, 4) is 29.4 Å². The van der Waals surface area contributed by atoms with Crippen molar-refractivity contribution in [2.45, 2.75) is 109 Å². The van der Waals surface area contributed by atoms with E-state index in [1.807, 2.05) is 68.1 Å². The number of phenols is 1. The van der Waals surface area contributed by atoms with Gasteiger partial charge in [0, 0.05) is 108 Å². The lowest BCUT2D eigenvalue weighted by Crippen LogP contribution is -2.61. The number of hydrogen-bond acceptors (Lipinski definition) is 12. The third-order valence-electron chi connectivity index (χ3n) is 15.3. The van der Waals surface area contributed by atoms with Crippen LogP contribution in [-0.4, -0.2) is 178 Å². The number of carbonyl (C=O) groups excluding carboxylic acids is 3. The van der Waals surface area contributed by atoms with Crippen LogP contribution < -0.4 is 20.9 Å². The fraction of sp³-hybridized carbons (Fsp3) is 0.604. The van der Waals surface area contributed by atoms with Crippen LogP contribution in [0.15, 0.2) is 54.6 Å². The smallest absolute Gasteiger partial charge is 0.318 e. The Morgan fingerprint density at radius 1 is 0.841 bits per heavy atom. The zero-order valence-electron chi connectivity index (χ0n) is 41.3. The maximum absolute atomic E-state index is 14.2. The minimum atomic E-state index is -0.877. The van der Waals surface area contributed by atoms with Crippen LogP contribution in [0.4, 0.5) is 16.3 Å². The van der Waals surface area contributed by atoms with Gasteiger partial charge < -0.3 is 45.8 Å². The molecule has 16 nitrogen and oxygen atoms in total. The molecule has 8 rings (SSSR count). The predicted octanol–water partition coefficient (Wildman–Crippen LogP) is 4.43. The van der Waals surface area contributed by atoms with E-state index in [2.05, 4.69) is 64.7 Å². The molecule has 5 fully saturated rings. The van der Waals surface area contributed by atoms with Gasteiger partial charge >= 0.3 is 6.03 Å². The van der Waals surface area contributed by atoms with Gasteiger partial charge in [0.25, 0.3) is 0 Å². The van der Waals surface area contributed by atoms with Gasteiger partial charge in [-0.2, -0.15) is 0 Å². The molecule has 69 heavy (non-hydrogen) atoms. The highest BCUT2D eigenvalue weighted by Gasteiger charge is 2.45. The van der Waals surface area contributed by atoms with Crippen LogP contribution in [0.1, 0.15) is 83.8 Å². The normalized spacial score (nSPS) is 23.9. The molecule has 3 atom stereocenters. The number of aromatic hydroxyl groups is 1. The molecule has 0 bridgehead atoms. The van der Waals surface area contributed by atoms with E-state index in [-0.39, 0.29) is 43.1 Å². The third-order valence-corrected chi connectivity index (χ3v) is 15.3. The summed E-state index contributed by atoms with van der Waals surface area (Å²) in [5, 5.41) is 39.5. The molecule has 0 spiro atoms. The molecule has 5 heterocycles. The summed E-state index contributed by atoms with van der Waals surface area (Å²) < 4.78 is 0. The lowest BCUT2D eigenvalue weighted by molar-refractivity contribution is -0.142. The second-order valence-electron chi connectivity index (χ2n) is 21.0. The average molecular weight is 946 g/mol. The van der Waals surface area contributed by atoms with Crippen LogP contribution >= 0.6 is 0 Å². The molecular formula is C53H75N11O5. The molecule has 3 aromatic rings. The van der Waals surface area contributed by atoms with Gasteiger partial charge in [-0.3, -0.25) is 19.4 Å². The number of piperazine rings is 2. The first-order valence-electron chi connectivity index (χ1n) is 25.5. The lowest BCUT2D eigenvalue weighted by atomic mass is 9.84. The number of carbonyl (C=O) groups is 3. The lowest BCUT2D eigenvalue weighted by Gasteiger charge is -2.46. The van der Waals surface area contributed by atoms with Gasteiger partial charge in [0.2, 0.25) is 11.8 Å². The number of anilines is 2. The van der Waals surface area contributed by atoms with Crippen molar-refractivity contribution in [1.82, 2.24) is 45.3 Å². The number of para-hydroxylation sites is 1. The Kier molecular flexibility index (Phi) is 16.3. The summed E-state index contributed by atoms with van der Waals surface area (Å²) in [6.07, 6.45) is 12.1. The molecule has 5 N–H and O–H groups in total. The molecule has 5 aliphatic rings. The Morgan fingerprint density at radius 3 is 2.16 bits per heavy atom. The topological polar surface area (TPSA) is 173 Å². The highest BCUT2D eigenvalue weighted by Crippen LogP contribution is 2.35. The molecule has 1 saturated carbocycles. The van der Waals surface area contributed by atoms with E-state index in [1.54, 1.807) is 6.07 Å². The summed E-state index contributed by atoms with van der Waals surface area (Å²) >= 11 is 0. The van der Waals surface area contributed by atoms with Crippen LogP contribution in [0.25, 0.3) is 11.3 Å². The number of β-amino-alcohol motifs (C(OH)–C–C–N with tert-alkyl or cyclic N) is 1. The molecule has 1 aliphatic carbocycles. The molecule has 0 radical (unpaired) electrons. The van der Waals surface area contributed by atoms with Crippen molar-refractivity contribution >= 4 is 29.4 Å². The van der Waals surface area contributed by atoms with Gasteiger partial charge in [-0.05, 0) is 106 Å². The van der Waals surface area contributed by atoms with Gasteiger partial charge in [0.05, 0.1) is 17.5 Å². The van der Waals surface area contributed by atoms with Crippen LogP contribution in [0, 0.1) is 23.7 Å². The predicted molar refractivity (Wildman–Crippen MR) is 270 cm³/mol. The summed E-state index contributed by atoms with van der Waals surface area (Å²) in [5.41, 5.74) is 3.40. The Hall–Kier alpha value is -5.47. The van der Waals surface area contributed by atoms with E-state index < -0.39 is 23.6 Å². The van der Waals surface area contributed by atoms with Crippen LogP contribution in [0.3, 0.4) is 0 Å². The Balaban J connectivity index is 0.743. The molecule has 2 aromatic carbocycles. The summed E-state index contributed by atoms with van der Waals surface area (Å²) in [6, 6.07) is 16.0. The number of phenolic OH excluding ortho intramolecular Hbond substituents is 1. The fourth-order valence-corrected chi connectivity index (χ4v) is 11.2. The van der Waals surface area contributed by atoms with Crippen molar-refractivity contribution in [3.63, 3.8) is 0 Å². The maximum atomic E-state index is 14.2. The number of aliphatic hydroxyl groups excluding tert-OH is 1. The van der Waals surface area contributed by atoms with Crippen molar-refractivity contribution in [1.29, 1.82) is 0 Å². The number of amides is 4. The molecule has 16 heteroatoms. The van der Waals surface area contributed by atoms with E-state index in [0.29, 0.717) is 42.3 Å². The Labute approximate surface area is 409 Å². The van der Waals surface area contributed by atoms with Gasteiger partial charge in [-0.25, -0.2) is 4.79 Å². The van der Waals surface area contributed by atoms with E-state index in [4.69, 9.17) is 6.42 Å². The number of nitrogens with one attached hydrogen (secondary N) is 3. The SMILES string of the molecule is C#Cc1ccc(CNC(=O)[C@@H]2C[C@@H](O)CN2C(=O)[C@@H](NC(=O)N2CCN(C[C@H]3CC[C@@H](N4CCC(N5CCN(c6cc(-c7ccccc7O)nnc6NCC)CC5)CC4)CC3)CC2)C(C)(C)C)cc1. The standard InChI is InChI=1S/C53H75N11O5/c1-6-37-12-14-38(15-13-37)34-55-50(67)46-32-42(65)36-64(46)51(68)48(53(3,4)5)56-52(69)63-26-24-59(25-27-63)35-39-16-18-40(19-17-39)60-22-20-41(21-23-60)61-28-30-62(31-29-61)45-33-44(57-58-49(45)54-7-2)43-10-8-9-11-47(43)66/h1,8-15,33,39-42,46,48,65-66H,7,16-32,34-36H2,2-5H3,(H,54,58)(H,55,67)(H,56,69)/t39-,40+,42-,46+,48-/m1/s1. The largest absolute Gasteiger partial charge is 0.507 e. The maximum Gasteiger partial charge on any atom is 0.318 e. The highest BCUT2D eigenvalue weighted by molar-refractivity contribution is 5.93. The van der Waals surface area contributed by atoms with Crippen molar-refractivity contribution in [2.24, 2.45) is 11.3 Å². The number of likely N-dealkylation sites (tertiary alicyclic amines) is 2. The highest BCUT2D eigenvalue weighted by atomic mass is 16.3. The van der Waals surface area contributed by atoms with E-state index >= 15 is 0 Å². The minimum Gasteiger partial charge on any atom is -0.507 e. The molecular weight excluding hydrogens is 871 g/mol. The molecule has 372 valence electrons. The second kappa shape index (κ2) is 22.5. The summed E-state index contributed by atoms with van der Waals surface area (Å²) in [5.74, 6) is 3.54. The number of terminal acetylenes is 1. The first-order chi connectivity index (χ1) is 33.3. The van der Waals surface area contributed by atoms with Crippen LogP contribution in [-0.2, 0) is 16.1 Å². The molecule has 4 aliphatic heterocycles. The first-order valence-corrected chi connectivity index (χ1v) is 25.5. The van der Waals surface area contributed by atoms with Gasteiger partial charge in [0.1, 0.15) is 17.8 Å². The average Bonchev–Trinajstić information content (AvgIpc) is 3.77. The number of urea groups is 1. The summed E-state index contributed by atoms with van der Waals surface area (Å²) in [7, 11) is 0. The number of nitrogens with zero attached hydrogens (tertiary/aromatic N) is 8. The molecule has 1 aromatic heterocycles. The van der Waals surface area contributed by atoms with Gasteiger partial charge in [-0.1, -0.05) is 51.0 Å². The van der Waals surface area contributed by atoms with Crippen LogP contribution in [0.2, 0.25) is 0 Å². The van der Waals surface area contributed by atoms with E-state index in [9.17, 15) is 24.6 Å². The van der Waals surface area contributed by atoms with E-state index in [0.717, 1.165) is 88.1 Å². The van der Waals surface area contributed by atoms with Crippen molar-refractivity contribution in [2.75, 3.05) is 95.3 Å². The monoisotopic (exact) mass is 946 g/mol. The number of hydrogen-bond donors (Lipinski definition) is 5. The van der Waals surface area contributed by atoms with Crippen molar-refractivity contribution in [3.05, 3.63) is 65.7 Å². The molecule has 4 saturated heterocycles. The second-order valence-corrected chi connectivity index (χ2v) is 21.0. The fourth-order valence-electron chi connectivity index (χ4n) is 11.2. The van der Waals surface area contributed by atoms with Crippen LogP contribution in [0.5, 0.6) is 5.75 Å².